The minimum atomic E-state index is -4.56. The van der Waals surface area contributed by atoms with Crippen molar-refractivity contribution < 1.29 is 27.5 Å². The Labute approximate surface area is 203 Å². The van der Waals surface area contributed by atoms with E-state index in [0.717, 1.165) is 65.5 Å². The number of carbonyl (C=O) groups excluding carboxylic acids is 2. The molecule has 0 radical (unpaired) electrons. The number of alkyl halides is 3. The van der Waals surface area contributed by atoms with Crippen LogP contribution in [0.1, 0.15) is 38.7 Å². The molecule has 1 atom stereocenters. The maximum Gasteiger partial charge on any atom is 0.425 e. The monoisotopic (exact) mass is 494 g/mol. The molecule has 0 bridgehead atoms. The van der Waals surface area contributed by atoms with Gasteiger partial charge < -0.3 is 19.4 Å². The van der Waals surface area contributed by atoms with Crippen LogP contribution in [-0.2, 0) is 16.1 Å². The smallest absolute Gasteiger partial charge is 0.425 e. The number of ether oxygens (including phenoxy) is 1. The van der Waals surface area contributed by atoms with Crippen LogP contribution in [-0.4, -0.2) is 90.3 Å². The first kappa shape index (κ1) is 24.2. The van der Waals surface area contributed by atoms with Gasteiger partial charge in [-0.2, -0.15) is 13.2 Å². The van der Waals surface area contributed by atoms with Crippen LogP contribution in [0.3, 0.4) is 0 Å². The standard InChI is InChI=1S/C25H33F3N4O3/c1-18(25(26,27)28)35-22(34)31-16-24(17-31)8-5-10-32(24)12-20-6-3-4-7-21(20)29-11-9-23(13-29)14-30(15-23)19(2)33/h3-4,6-7,18H,5,8-17H2,1-2H3. The highest BCUT2D eigenvalue weighted by atomic mass is 19.4. The molecule has 4 aliphatic heterocycles. The normalized spacial score (nSPS) is 24.0. The summed E-state index contributed by atoms with van der Waals surface area (Å²) in [6.07, 6.45) is -4.57. The molecule has 10 heteroatoms. The van der Waals surface area contributed by atoms with Crippen molar-refractivity contribution in [3.05, 3.63) is 29.8 Å². The lowest BCUT2D eigenvalue weighted by atomic mass is 9.79. The summed E-state index contributed by atoms with van der Waals surface area (Å²) in [5.74, 6) is 0.139. The van der Waals surface area contributed by atoms with Gasteiger partial charge in [0.25, 0.3) is 0 Å². The van der Waals surface area contributed by atoms with E-state index >= 15 is 0 Å². The Morgan fingerprint density at radius 1 is 1.03 bits per heavy atom. The molecular weight excluding hydrogens is 461 g/mol. The first-order valence-corrected chi connectivity index (χ1v) is 12.4. The lowest BCUT2D eigenvalue weighted by Gasteiger charge is -2.52. The van der Waals surface area contributed by atoms with Crippen molar-refractivity contribution in [3.8, 4) is 0 Å². The van der Waals surface area contributed by atoms with Gasteiger partial charge in [0, 0.05) is 63.8 Å². The molecule has 4 aliphatic rings. The summed E-state index contributed by atoms with van der Waals surface area (Å²) < 4.78 is 42.9. The van der Waals surface area contributed by atoms with Gasteiger partial charge in [0.15, 0.2) is 6.10 Å². The number of nitrogens with zero attached hydrogens (tertiary/aromatic N) is 4. The SMILES string of the molecule is CC(=O)N1CC2(CCN(c3ccccc3CN3CCCC34CN(C(=O)OC(C)C(F)(F)F)C4)C2)C1. The van der Waals surface area contributed by atoms with E-state index in [0.29, 0.717) is 13.1 Å². The topological polar surface area (TPSA) is 56.3 Å². The Hall–Kier alpha value is -2.49. The maximum absolute atomic E-state index is 12.8. The molecule has 4 saturated heterocycles. The van der Waals surface area contributed by atoms with Gasteiger partial charge in [-0.25, -0.2) is 4.79 Å². The van der Waals surface area contributed by atoms with Gasteiger partial charge in [-0.05, 0) is 44.4 Å². The molecule has 1 aromatic rings. The molecule has 0 saturated carbocycles. The first-order chi connectivity index (χ1) is 16.5. The van der Waals surface area contributed by atoms with E-state index in [2.05, 4.69) is 32.7 Å². The summed E-state index contributed by atoms with van der Waals surface area (Å²) in [5.41, 5.74) is 2.42. The average molecular weight is 495 g/mol. The van der Waals surface area contributed by atoms with Crippen molar-refractivity contribution in [2.75, 3.05) is 50.7 Å². The summed E-state index contributed by atoms with van der Waals surface area (Å²) in [6.45, 7) is 8.47. The molecule has 2 spiro atoms. The Morgan fingerprint density at radius 2 is 1.74 bits per heavy atom. The summed E-state index contributed by atoms with van der Waals surface area (Å²) in [5, 5.41) is 0. The molecule has 2 amide bonds. The summed E-state index contributed by atoms with van der Waals surface area (Å²) >= 11 is 0. The predicted molar refractivity (Wildman–Crippen MR) is 124 cm³/mol. The van der Waals surface area contributed by atoms with Crippen LogP contribution in [0.2, 0.25) is 0 Å². The molecule has 1 unspecified atom stereocenters. The predicted octanol–water partition coefficient (Wildman–Crippen LogP) is 3.48. The van der Waals surface area contributed by atoms with E-state index in [1.807, 2.05) is 11.0 Å². The Balaban J connectivity index is 1.22. The number of hydrogen-bond donors (Lipinski definition) is 0. The number of anilines is 1. The fraction of sp³-hybridized carbons (Fsp3) is 0.680. The number of para-hydroxylation sites is 1. The van der Waals surface area contributed by atoms with Gasteiger partial charge in [-0.3, -0.25) is 9.69 Å². The fourth-order valence-electron chi connectivity index (χ4n) is 6.23. The highest BCUT2D eigenvalue weighted by molar-refractivity contribution is 5.74. The second-order valence-electron chi connectivity index (χ2n) is 10.8. The Kier molecular flexibility index (Phi) is 5.93. The molecule has 0 N–H and O–H groups in total. The summed E-state index contributed by atoms with van der Waals surface area (Å²) in [6, 6.07) is 8.39. The van der Waals surface area contributed by atoms with E-state index < -0.39 is 18.4 Å². The third-order valence-corrected chi connectivity index (χ3v) is 8.34. The van der Waals surface area contributed by atoms with E-state index in [1.54, 1.807) is 6.92 Å². The van der Waals surface area contributed by atoms with Crippen LogP contribution >= 0.6 is 0 Å². The van der Waals surface area contributed by atoms with Crippen molar-refractivity contribution >= 4 is 17.7 Å². The zero-order valence-electron chi connectivity index (χ0n) is 20.3. The van der Waals surface area contributed by atoms with Crippen LogP contribution in [0.4, 0.5) is 23.7 Å². The molecule has 4 fully saturated rings. The molecule has 5 rings (SSSR count). The summed E-state index contributed by atoms with van der Waals surface area (Å²) in [7, 11) is 0. The van der Waals surface area contributed by atoms with Crippen LogP contribution < -0.4 is 4.90 Å². The highest BCUT2D eigenvalue weighted by Gasteiger charge is 2.53. The molecule has 4 heterocycles. The third kappa shape index (κ3) is 4.45. The van der Waals surface area contributed by atoms with Gasteiger partial charge in [-0.15, -0.1) is 0 Å². The van der Waals surface area contributed by atoms with Crippen LogP contribution in [0.15, 0.2) is 24.3 Å². The number of amides is 2. The quantitative estimate of drug-likeness (QED) is 0.642. The molecule has 35 heavy (non-hydrogen) atoms. The molecule has 0 aromatic heterocycles. The van der Waals surface area contributed by atoms with Gasteiger partial charge in [-0.1, -0.05) is 18.2 Å². The number of rotatable bonds is 4. The minimum Gasteiger partial charge on any atom is -0.437 e. The zero-order valence-corrected chi connectivity index (χ0v) is 20.3. The largest absolute Gasteiger partial charge is 0.437 e. The number of carbonyl (C=O) groups is 2. The fourth-order valence-corrected chi connectivity index (χ4v) is 6.23. The molecule has 0 aliphatic carbocycles. The Bertz CT molecular complexity index is 988. The van der Waals surface area contributed by atoms with Crippen molar-refractivity contribution in [3.63, 3.8) is 0 Å². The van der Waals surface area contributed by atoms with E-state index in [4.69, 9.17) is 0 Å². The Morgan fingerprint density at radius 3 is 2.43 bits per heavy atom. The lowest BCUT2D eigenvalue weighted by molar-refractivity contribution is -0.202. The van der Waals surface area contributed by atoms with Gasteiger partial charge in [0.1, 0.15) is 0 Å². The van der Waals surface area contributed by atoms with Crippen molar-refractivity contribution in [2.45, 2.75) is 57.5 Å². The summed E-state index contributed by atoms with van der Waals surface area (Å²) in [4.78, 5) is 32.0. The van der Waals surface area contributed by atoms with E-state index in [-0.39, 0.29) is 16.9 Å². The van der Waals surface area contributed by atoms with Gasteiger partial charge in [0.2, 0.25) is 5.91 Å². The van der Waals surface area contributed by atoms with Gasteiger partial charge in [0.05, 0.1) is 5.54 Å². The molecular formula is C25H33F3N4O3. The molecule has 7 nitrogen and oxygen atoms in total. The average Bonchev–Trinajstić information content (AvgIpc) is 3.36. The minimum absolute atomic E-state index is 0.139. The van der Waals surface area contributed by atoms with Crippen molar-refractivity contribution in [1.29, 1.82) is 0 Å². The van der Waals surface area contributed by atoms with Crippen molar-refractivity contribution in [2.24, 2.45) is 5.41 Å². The van der Waals surface area contributed by atoms with E-state index in [9.17, 15) is 22.8 Å². The number of likely N-dealkylation sites (tertiary alicyclic amines) is 3. The number of halogens is 3. The van der Waals surface area contributed by atoms with Crippen LogP contribution in [0.25, 0.3) is 0 Å². The lowest BCUT2D eigenvalue weighted by Crippen LogP contribution is -2.69. The molecule has 192 valence electrons. The third-order valence-electron chi connectivity index (χ3n) is 8.34. The maximum atomic E-state index is 12.8. The van der Waals surface area contributed by atoms with Crippen molar-refractivity contribution in [1.82, 2.24) is 14.7 Å². The second-order valence-corrected chi connectivity index (χ2v) is 10.8. The zero-order chi connectivity index (χ0) is 25.0. The van der Waals surface area contributed by atoms with Crippen LogP contribution in [0, 0.1) is 5.41 Å². The first-order valence-electron chi connectivity index (χ1n) is 12.4. The number of benzene rings is 1. The number of hydrogen-bond acceptors (Lipinski definition) is 5. The second kappa shape index (κ2) is 8.57. The van der Waals surface area contributed by atoms with Gasteiger partial charge >= 0.3 is 12.3 Å². The van der Waals surface area contributed by atoms with Crippen LogP contribution in [0.5, 0.6) is 0 Å². The highest BCUT2D eigenvalue weighted by Crippen LogP contribution is 2.43. The van der Waals surface area contributed by atoms with E-state index in [1.165, 1.54) is 16.2 Å². The molecule has 1 aromatic carbocycles.